The van der Waals surface area contributed by atoms with Crippen LogP contribution in [0.5, 0.6) is 0 Å². The number of halogens is 1. The lowest BCUT2D eigenvalue weighted by Gasteiger charge is -2.33. The van der Waals surface area contributed by atoms with E-state index in [1.54, 1.807) is 0 Å². The van der Waals surface area contributed by atoms with Gasteiger partial charge in [-0.2, -0.15) is 0 Å². The Morgan fingerprint density at radius 1 is 1.21 bits per heavy atom. The highest BCUT2D eigenvalue weighted by molar-refractivity contribution is 6.30. The molecule has 1 aromatic carbocycles. The van der Waals surface area contributed by atoms with Crippen LogP contribution in [0.25, 0.3) is 0 Å². The minimum atomic E-state index is 0.299. The van der Waals surface area contributed by atoms with E-state index in [0.29, 0.717) is 5.54 Å². The quantitative estimate of drug-likeness (QED) is 0.682. The number of nitrogens with zero attached hydrogens (tertiary/aromatic N) is 1. The van der Waals surface area contributed by atoms with Crippen LogP contribution in [0.4, 0.5) is 5.69 Å². The van der Waals surface area contributed by atoms with Crippen molar-refractivity contribution >= 4 is 17.3 Å². The zero-order valence-corrected chi connectivity index (χ0v) is 9.51. The van der Waals surface area contributed by atoms with Gasteiger partial charge in [0.25, 0.3) is 0 Å². The summed E-state index contributed by atoms with van der Waals surface area (Å²) in [5.41, 5.74) is 1.59. The molecule has 1 nitrogen and oxygen atoms in total. The maximum Gasteiger partial charge on any atom is 0.0407 e. The third kappa shape index (κ3) is 1.74. The second kappa shape index (κ2) is 3.47. The molecular formula is C12H16ClN. The first-order valence-electron chi connectivity index (χ1n) is 5.13. The fourth-order valence-electron chi connectivity index (χ4n) is 2.21. The van der Waals surface area contributed by atoms with Crippen LogP contribution in [0.15, 0.2) is 24.3 Å². The molecule has 1 saturated heterocycles. The minimum Gasteiger partial charge on any atom is -0.366 e. The zero-order valence-electron chi connectivity index (χ0n) is 8.76. The largest absolute Gasteiger partial charge is 0.366 e. The SMILES string of the molecule is CC1(C)CCCN1c1ccc(Cl)cc1. The van der Waals surface area contributed by atoms with E-state index in [9.17, 15) is 0 Å². The van der Waals surface area contributed by atoms with Gasteiger partial charge >= 0.3 is 0 Å². The maximum absolute atomic E-state index is 5.87. The van der Waals surface area contributed by atoms with E-state index >= 15 is 0 Å². The van der Waals surface area contributed by atoms with Crippen molar-refractivity contribution in [2.45, 2.75) is 32.2 Å². The van der Waals surface area contributed by atoms with Gasteiger partial charge in [0.1, 0.15) is 0 Å². The highest BCUT2D eigenvalue weighted by Crippen LogP contribution is 2.33. The molecule has 1 heterocycles. The van der Waals surface area contributed by atoms with E-state index in [-0.39, 0.29) is 0 Å². The number of hydrogen-bond donors (Lipinski definition) is 0. The molecule has 0 amide bonds. The molecule has 1 aliphatic rings. The molecule has 2 heteroatoms. The minimum absolute atomic E-state index is 0.299. The Hall–Kier alpha value is -0.690. The number of rotatable bonds is 1. The van der Waals surface area contributed by atoms with Crippen LogP contribution in [-0.2, 0) is 0 Å². The second-order valence-corrected chi connectivity index (χ2v) is 4.98. The summed E-state index contributed by atoms with van der Waals surface area (Å²) >= 11 is 5.87. The van der Waals surface area contributed by atoms with Gasteiger partial charge in [0.2, 0.25) is 0 Å². The van der Waals surface area contributed by atoms with Crippen LogP contribution in [-0.4, -0.2) is 12.1 Å². The van der Waals surface area contributed by atoms with Crippen molar-refractivity contribution in [3.05, 3.63) is 29.3 Å². The van der Waals surface area contributed by atoms with Gasteiger partial charge in [-0.25, -0.2) is 0 Å². The molecule has 14 heavy (non-hydrogen) atoms. The average Bonchev–Trinajstić information content (AvgIpc) is 2.47. The highest BCUT2D eigenvalue weighted by Gasteiger charge is 2.31. The molecule has 76 valence electrons. The Morgan fingerprint density at radius 2 is 1.86 bits per heavy atom. The molecule has 0 radical (unpaired) electrons. The Kier molecular flexibility index (Phi) is 2.44. The number of hydrogen-bond acceptors (Lipinski definition) is 1. The summed E-state index contributed by atoms with van der Waals surface area (Å²) in [4.78, 5) is 2.46. The van der Waals surface area contributed by atoms with Gasteiger partial charge in [-0.3, -0.25) is 0 Å². The molecule has 0 aromatic heterocycles. The Balaban J connectivity index is 2.27. The van der Waals surface area contributed by atoms with E-state index in [1.165, 1.54) is 18.5 Å². The molecule has 2 rings (SSSR count). The monoisotopic (exact) mass is 209 g/mol. The number of benzene rings is 1. The molecular weight excluding hydrogens is 194 g/mol. The van der Waals surface area contributed by atoms with E-state index in [1.807, 2.05) is 12.1 Å². The molecule has 0 bridgehead atoms. The Morgan fingerprint density at radius 3 is 2.36 bits per heavy atom. The van der Waals surface area contributed by atoms with Crippen molar-refractivity contribution in [2.24, 2.45) is 0 Å². The first-order chi connectivity index (χ1) is 6.59. The Bertz CT molecular complexity index is 316. The third-order valence-corrected chi connectivity index (χ3v) is 3.29. The predicted octanol–water partition coefficient (Wildman–Crippen LogP) is 3.72. The fourth-order valence-corrected chi connectivity index (χ4v) is 2.33. The first-order valence-corrected chi connectivity index (χ1v) is 5.51. The molecule has 1 aliphatic heterocycles. The summed E-state index contributed by atoms with van der Waals surface area (Å²) in [5.74, 6) is 0. The van der Waals surface area contributed by atoms with E-state index < -0.39 is 0 Å². The van der Waals surface area contributed by atoms with Crippen LogP contribution < -0.4 is 4.90 Å². The van der Waals surface area contributed by atoms with Gasteiger partial charge in [0, 0.05) is 22.8 Å². The van der Waals surface area contributed by atoms with Gasteiger partial charge in [-0.1, -0.05) is 11.6 Å². The molecule has 0 saturated carbocycles. The van der Waals surface area contributed by atoms with E-state index in [2.05, 4.69) is 30.9 Å². The first kappa shape index (κ1) is 9.85. The summed E-state index contributed by atoms with van der Waals surface area (Å²) in [6.07, 6.45) is 2.56. The van der Waals surface area contributed by atoms with Crippen LogP contribution in [0.3, 0.4) is 0 Å². The molecule has 0 atom stereocenters. The van der Waals surface area contributed by atoms with Gasteiger partial charge in [-0.05, 0) is 51.0 Å². The van der Waals surface area contributed by atoms with Gasteiger partial charge in [0.15, 0.2) is 0 Å². The fraction of sp³-hybridized carbons (Fsp3) is 0.500. The standard InChI is InChI=1S/C12H16ClN/c1-12(2)8-3-9-14(12)11-6-4-10(13)5-7-11/h4-7H,3,8-9H2,1-2H3. The number of anilines is 1. The van der Waals surface area contributed by atoms with Gasteiger partial charge < -0.3 is 4.90 Å². The normalized spacial score (nSPS) is 20.1. The Labute approximate surface area is 90.7 Å². The van der Waals surface area contributed by atoms with Crippen molar-refractivity contribution in [2.75, 3.05) is 11.4 Å². The summed E-state index contributed by atoms with van der Waals surface area (Å²) in [5, 5.41) is 0.811. The summed E-state index contributed by atoms with van der Waals surface area (Å²) < 4.78 is 0. The molecule has 0 unspecified atom stereocenters. The summed E-state index contributed by atoms with van der Waals surface area (Å²) in [7, 11) is 0. The molecule has 0 spiro atoms. The van der Waals surface area contributed by atoms with Crippen LogP contribution in [0.1, 0.15) is 26.7 Å². The maximum atomic E-state index is 5.87. The molecule has 0 aliphatic carbocycles. The topological polar surface area (TPSA) is 3.24 Å². The smallest absolute Gasteiger partial charge is 0.0407 e. The van der Waals surface area contributed by atoms with Crippen molar-refractivity contribution in [3.8, 4) is 0 Å². The third-order valence-electron chi connectivity index (χ3n) is 3.04. The molecule has 1 fully saturated rings. The van der Waals surface area contributed by atoms with Crippen molar-refractivity contribution in [1.29, 1.82) is 0 Å². The zero-order chi connectivity index (χ0) is 10.2. The van der Waals surface area contributed by atoms with Crippen LogP contribution in [0, 0.1) is 0 Å². The van der Waals surface area contributed by atoms with E-state index in [0.717, 1.165) is 11.6 Å². The lowest BCUT2D eigenvalue weighted by atomic mass is 10.0. The predicted molar refractivity (Wildman–Crippen MR) is 62.1 cm³/mol. The van der Waals surface area contributed by atoms with Gasteiger partial charge in [-0.15, -0.1) is 0 Å². The lowest BCUT2D eigenvalue weighted by molar-refractivity contribution is 0.518. The molecule has 1 aromatic rings. The lowest BCUT2D eigenvalue weighted by Crippen LogP contribution is -2.37. The van der Waals surface area contributed by atoms with E-state index in [4.69, 9.17) is 11.6 Å². The molecule has 0 N–H and O–H groups in total. The van der Waals surface area contributed by atoms with Crippen molar-refractivity contribution < 1.29 is 0 Å². The van der Waals surface area contributed by atoms with Crippen molar-refractivity contribution in [3.63, 3.8) is 0 Å². The average molecular weight is 210 g/mol. The van der Waals surface area contributed by atoms with Crippen LogP contribution >= 0.6 is 11.6 Å². The van der Waals surface area contributed by atoms with Crippen molar-refractivity contribution in [1.82, 2.24) is 0 Å². The summed E-state index contributed by atoms with van der Waals surface area (Å²) in [6, 6.07) is 8.14. The van der Waals surface area contributed by atoms with Crippen LogP contribution in [0.2, 0.25) is 5.02 Å². The van der Waals surface area contributed by atoms with Gasteiger partial charge in [0.05, 0.1) is 0 Å². The summed E-state index contributed by atoms with van der Waals surface area (Å²) in [6.45, 7) is 5.76. The second-order valence-electron chi connectivity index (χ2n) is 4.54. The highest BCUT2D eigenvalue weighted by atomic mass is 35.5.